The zero-order valence-electron chi connectivity index (χ0n) is 17.9. The monoisotopic (exact) mass is 454 g/mol. The molecule has 0 fully saturated rings. The van der Waals surface area contributed by atoms with Gasteiger partial charge in [-0.15, -0.1) is 0 Å². The molecule has 0 saturated carbocycles. The van der Waals surface area contributed by atoms with Gasteiger partial charge in [-0.25, -0.2) is 9.69 Å². The first-order valence-electron chi connectivity index (χ1n) is 10.6. The van der Waals surface area contributed by atoms with Crippen LogP contribution in [0, 0.1) is 0 Å². The third-order valence-corrected chi connectivity index (χ3v) is 5.79. The number of carbonyl (C=O) groups is 5. The molecule has 0 spiro atoms. The van der Waals surface area contributed by atoms with E-state index >= 15 is 0 Å². The van der Waals surface area contributed by atoms with E-state index in [4.69, 9.17) is 4.74 Å². The third kappa shape index (κ3) is 3.75. The number of nitrogens with one attached hydrogen (secondary N) is 1. The molecule has 0 atom stereocenters. The molecule has 0 aromatic heterocycles. The number of Topliss-reactive ketones (excluding diaryl/α,β-unsaturated/α-hetero) is 1. The summed E-state index contributed by atoms with van der Waals surface area (Å²) < 4.78 is 5.19. The van der Waals surface area contributed by atoms with Crippen LogP contribution in [0.1, 0.15) is 53.4 Å². The van der Waals surface area contributed by atoms with Crippen molar-refractivity contribution < 1.29 is 28.7 Å². The van der Waals surface area contributed by atoms with Crippen LogP contribution in [0.25, 0.3) is 0 Å². The average Bonchev–Trinajstić information content (AvgIpc) is 3.12. The minimum Gasteiger partial charge on any atom is -0.454 e. The molecule has 0 bridgehead atoms. The second kappa shape index (κ2) is 8.40. The number of hydrogen-bond donors (Lipinski definition) is 1. The number of amides is 3. The second-order valence-corrected chi connectivity index (χ2v) is 7.96. The SMILES string of the molecule is O=C1CCc2cc(C(=O)COC(=O)c3cccc(N4C(=O)c5ccccc5C4=O)c3)ccc2N1. The highest BCUT2D eigenvalue weighted by Crippen LogP contribution is 2.29. The predicted molar refractivity (Wildman–Crippen MR) is 122 cm³/mol. The molecular weight excluding hydrogens is 436 g/mol. The van der Waals surface area contributed by atoms with Crippen LogP contribution in [0.3, 0.4) is 0 Å². The maximum Gasteiger partial charge on any atom is 0.338 e. The maximum atomic E-state index is 12.7. The normalized spacial score (nSPS) is 14.4. The van der Waals surface area contributed by atoms with Crippen molar-refractivity contribution in [1.82, 2.24) is 0 Å². The number of rotatable bonds is 5. The first-order chi connectivity index (χ1) is 16.4. The Hall–Kier alpha value is -4.59. The van der Waals surface area contributed by atoms with Crippen LogP contribution in [0.2, 0.25) is 0 Å². The lowest BCUT2D eigenvalue weighted by Crippen LogP contribution is -2.29. The van der Waals surface area contributed by atoms with Crippen molar-refractivity contribution in [3.8, 4) is 0 Å². The van der Waals surface area contributed by atoms with Gasteiger partial charge in [0.1, 0.15) is 0 Å². The molecule has 0 aliphatic carbocycles. The smallest absolute Gasteiger partial charge is 0.338 e. The molecule has 168 valence electrons. The number of anilines is 2. The van der Waals surface area contributed by atoms with Crippen molar-refractivity contribution in [2.45, 2.75) is 12.8 Å². The number of nitrogens with zero attached hydrogens (tertiary/aromatic N) is 1. The van der Waals surface area contributed by atoms with E-state index in [1.165, 1.54) is 18.2 Å². The van der Waals surface area contributed by atoms with Crippen LogP contribution in [0.5, 0.6) is 0 Å². The van der Waals surface area contributed by atoms with Crippen molar-refractivity contribution in [3.05, 3.63) is 94.5 Å². The van der Waals surface area contributed by atoms with Crippen LogP contribution in [-0.4, -0.2) is 36.1 Å². The van der Waals surface area contributed by atoms with E-state index in [2.05, 4.69) is 5.32 Å². The number of aryl methyl sites for hydroxylation is 1. The first kappa shape index (κ1) is 21.3. The van der Waals surface area contributed by atoms with Crippen molar-refractivity contribution in [2.75, 3.05) is 16.8 Å². The molecular formula is C26H18N2O6. The standard InChI is InChI=1S/C26H18N2O6/c29-22(16-8-10-21-15(12-16)9-11-23(30)27-21)14-34-26(33)17-4-3-5-18(13-17)28-24(31)19-6-1-2-7-20(19)25(28)32/h1-8,10,12-13H,9,11,14H2,(H,27,30). The summed E-state index contributed by atoms with van der Waals surface area (Å²) in [4.78, 5) is 63.0. The molecule has 3 amide bonds. The number of esters is 1. The van der Waals surface area contributed by atoms with Crippen LogP contribution in [0.4, 0.5) is 11.4 Å². The Balaban J connectivity index is 1.28. The van der Waals surface area contributed by atoms with Gasteiger partial charge in [-0.05, 0) is 60.5 Å². The zero-order valence-corrected chi connectivity index (χ0v) is 17.9. The zero-order chi connectivity index (χ0) is 23.8. The highest BCUT2D eigenvalue weighted by molar-refractivity contribution is 6.34. The Morgan fingerprint density at radius 1 is 0.824 bits per heavy atom. The van der Waals surface area contributed by atoms with Gasteiger partial charge < -0.3 is 10.1 Å². The van der Waals surface area contributed by atoms with Gasteiger partial charge in [0.2, 0.25) is 5.91 Å². The molecule has 0 unspecified atom stereocenters. The average molecular weight is 454 g/mol. The summed E-state index contributed by atoms with van der Waals surface area (Å²) in [6.07, 6.45) is 0.885. The highest BCUT2D eigenvalue weighted by atomic mass is 16.5. The Morgan fingerprint density at radius 3 is 2.29 bits per heavy atom. The number of ketones is 1. The number of fused-ring (bicyclic) bond motifs is 2. The lowest BCUT2D eigenvalue weighted by Gasteiger charge is -2.17. The van der Waals surface area contributed by atoms with Gasteiger partial charge in [0, 0.05) is 17.7 Å². The van der Waals surface area contributed by atoms with E-state index in [1.807, 2.05) is 0 Å². The molecule has 8 heteroatoms. The van der Waals surface area contributed by atoms with Crippen LogP contribution in [0.15, 0.2) is 66.7 Å². The van der Waals surface area contributed by atoms with Crippen molar-refractivity contribution in [2.24, 2.45) is 0 Å². The van der Waals surface area contributed by atoms with Crippen molar-refractivity contribution in [3.63, 3.8) is 0 Å². The minimum absolute atomic E-state index is 0.0658. The number of imide groups is 1. The van der Waals surface area contributed by atoms with Gasteiger partial charge in [-0.2, -0.15) is 0 Å². The highest BCUT2D eigenvalue weighted by Gasteiger charge is 2.36. The maximum absolute atomic E-state index is 12.7. The van der Waals surface area contributed by atoms with Gasteiger partial charge in [0.05, 0.1) is 22.4 Å². The molecule has 8 nitrogen and oxygen atoms in total. The summed E-state index contributed by atoms with van der Waals surface area (Å²) in [5.41, 5.74) is 2.85. The summed E-state index contributed by atoms with van der Waals surface area (Å²) in [6.45, 7) is -0.471. The van der Waals surface area contributed by atoms with E-state index in [1.54, 1.807) is 48.5 Å². The van der Waals surface area contributed by atoms with E-state index in [0.29, 0.717) is 35.2 Å². The molecule has 2 aliphatic rings. The van der Waals surface area contributed by atoms with Gasteiger partial charge >= 0.3 is 5.97 Å². The molecule has 1 N–H and O–H groups in total. The van der Waals surface area contributed by atoms with Gasteiger partial charge in [0.25, 0.3) is 11.8 Å². The largest absolute Gasteiger partial charge is 0.454 e. The molecule has 3 aromatic carbocycles. The van der Waals surface area contributed by atoms with Gasteiger partial charge in [-0.3, -0.25) is 19.2 Å². The van der Waals surface area contributed by atoms with E-state index < -0.39 is 24.4 Å². The number of benzene rings is 3. The minimum atomic E-state index is -0.753. The summed E-state index contributed by atoms with van der Waals surface area (Å²) in [7, 11) is 0. The number of carbonyl (C=O) groups excluding carboxylic acids is 5. The van der Waals surface area contributed by atoms with Crippen LogP contribution >= 0.6 is 0 Å². The summed E-state index contributed by atoms with van der Waals surface area (Å²) in [6, 6.07) is 17.4. The van der Waals surface area contributed by atoms with Crippen LogP contribution < -0.4 is 10.2 Å². The quantitative estimate of drug-likeness (QED) is 0.359. The fourth-order valence-electron chi connectivity index (χ4n) is 4.05. The molecule has 5 rings (SSSR count). The summed E-state index contributed by atoms with van der Waals surface area (Å²) in [5.74, 6) is -2.14. The molecule has 0 radical (unpaired) electrons. The van der Waals surface area contributed by atoms with E-state index in [9.17, 15) is 24.0 Å². The van der Waals surface area contributed by atoms with E-state index in [-0.39, 0.29) is 22.9 Å². The number of hydrogen-bond acceptors (Lipinski definition) is 6. The lowest BCUT2D eigenvalue weighted by atomic mass is 9.99. The fourth-order valence-corrected chi connectivity index (χ4v) is 4.05. The Labute approximate surface area is 194 Å². The van der Waals surface area contributed by atoms with Crippen molar-refractivity contribution in [1.29, 1.82) is 0 Å². The molecule has 0 saturated heterocycles. The number of ether oxygens (including phenoxy) is 1. The molecule has 3 aromatic rings. The Bertz CT molecular complexity index is 1360. The third-order valence-electron chi connectivity index (χ3n) is 5.79. The topological polar surface area (TPSA) is 110 Å². The summed E-state index contributed by atoms with van der Waals surface area (Å²) >= 11 is 0. The van der Waals surface area contributed by atoms with Crippen molar-refractivity contribution >= 4 is 40.8 Å². The molecule has 2 heterocycles. The fraction of sp³-hybridized carbons (Fsp3) is 0.115. The summed E-state index contributed by atoms with van der Waals surface area (Å²) in [5, 5.41) is 2.75. The first-order valence-corrected chi connectivity index (χ1v) is 10.6. The molecule has 34 heavy (non-hydrogen) atoms. The Morgan fingerprint density at radius 2 is 1.56 bits per heavy atom. The predicted octanol–water partition coefficient (Wildman–Crippen LogP) is 3.41. The van der Waals surface area contributed by atoms with Gasteiger partial charge in [-0.1, -0.05) is 18.2 Å². The Kier molecular flexibility index (Phi) is 5.25. The second-order valence-electron chi connectivity index (χ2n) is 7.96. The van der Waals surface area contributed by atoms with Gasteiger partial charge in [0.15, 0.2) is 12.4 Å². The van der Waals surface area contributed by atoms with Crippen LogP contribution in [-0.2, 0) is 16.0 Å². The molecule has 2 aliphatic heterocycles. The van der Waals surface area contributed by atoms with E-state index in [0.717, 1.165) is 10.5 Å². The lowest BCUT2D eigenvalue weighted by molar-refractivity contribution is -0.116.